The van der Waals surface area contributed by atoms with Crippen molar-refractivity contribution in [1.29, 1.82) is 0 Å². The number of nitrogens with one attached hydrogen (secondary N) is 1. The number of nitrogens with zero attached hydrogens (tertiary/aromatic N) is 2. The first-order chi connectivity index (χ1) is 7.54. The number of hydrogen-bond acceptors (Lipinski definition) is 4. The lowest BCUT2D eigenvalue weighted by molar-refractivity contribution is 0.118. The van der Waals surface area contributed by atoms with Crippen LogP contribution < -0.4 is 5.32 Å². The van der Waals surface area contributed by atoms with Gasteiger partial charge in [-0.05, 0) is 34.6 Å². The van der Waals surface area contributed by atoms with E-state index in [-0.39, 0.29) is 0 Å². The van der Waals surface area contributed by atoms with Crippen molar-refractivity contribution in [2.24, 2.45) is 0 Å². The zero-order chi connectivity index (χ0) is 12.6. The lowest BCUT2D eigenvalue weighted by Crippen LogP contribution is -2.48. The lowest BCUT2D eigenvalue weighted by atomic mass is 10.2. The molecule has 0 aliphatic rings. The Hall–Kier alpha value is -0.160. The largest absolute Gasteiger partial charge is 0.383 e. The SMILES string of the molecule is CCN(CC(COC)NC)C(C)CN(C)C. The molecule has 0 amide bonds. The fourth-order valence-corrected chi connectivity index (χ4v) is 1.98. The van der Waals surface area contributed by atoms with Gasteiger partial charge >= 0.3 is 0 Å². The van der Waals surface area contributed by atoms with Crippen molar-refractivity contribution < 1.29 is 4.74 Å². The van der Waals surface area contributed by atoms with E-state index in [9.17, 15) is 0 Å². The van der Waals surface area contributed by atoms with Gasteiger partial charge in [-0.2, -0.15) is 0 Å². The highest BCUT2D eigenvalue weighted by Crippen LogP contribution is 2.02. The van der Waals surface area contributed by atoms with Gasteiger partial charge in [0.05, 0.1) is 6.61 Å². The molecule has 0 fully saturated rings. The highest BCUT2D eigenvalue weighted by molar-refractivity contribution is 4.75. The van der Waals surface area contributed by atoms with Gasteiger partial charge in [-0.25, -0.2) is 0 Å². The second kappa shape index (κ2) is 8.93. The monoisotopic (exact) mass is 231 g/mol. The number of likely N-dealkylation sites (N-methyl/N-ethyl adjacent to an activating group) is 3. The number of methoxy groups -OCH3 is 1. The van der Waals surface area contributed by atoms with Crippen LogP contribution in [-0.2, 0) is 4.74 Å². The molecule has 0 aliphatic heterocycles. The first kappa shape index (κ1) is 15.8. The van der Waals surface area contributed by atoms with Crippen molar-refractivity contribution in [2.45, 2.75) is 25.9 Å². The number of hydrogen-bond donors (Lipinski definition) is 1. The minimum atomic E-state index is 0.412. The van der Waals surface area contributed by atoms with E-state index in [1.807, 2.05) is 7.05 Å². The summed E-state index contributed by atoms with van der Waals surface area (Å²) in [6.45, 7) is 8.47. The normalized spacial score (nSPS) is 15.8. The molecule has 0 aromatic heterocycles. The predicted molar refractivity (Wildman–Crippen MR) is 70.0 cm³/mol. The van der Waals surface area contributed by atoms with E-state index in [0.29, 0.717) is 12.1 Å². The van der Waals surface area contributed by atoms with Crippen LogP contribution in [0.3, 0.4) is 0 Å². The molecular formula is C12H29N3O. The minimum absolute atomic E-state index is 0.412. The van der Waals surface area contributed by atoms with E-state index in [1.165, 1.54) is 0 Å². The maximum atomic E-state index is 5.20. The molecule has 0 radical (unpaired) electrons. The van der Waals surface area contributed by atoms with Gasteiger partial charge < -0.3 is 15.0 Å². The summed E-state index contributed by atoms with van der Waals surface area (Å²) in [7, 11) is 7.99. The van der Waals surface area contributed by atoms with Crippen molar-refractivity contribution in [2.75, 3.05) is 54.5 Å². The number of ether oxygens (including phenoxy) is 1. The van der Waals surface area contributed by atoms with Crippen LogP contribution in [-0.4, -0.2) is 76.4 Å². The Labute approximate surface area is 101 Å². The molecule has 0 aliphatic carbocycles. The molecule has 0 heterocycles. The van der Waals surface area contributed by atoms with E-state index in [2.05, 4.69) is 43.1 Å². The van der Waals surface area contributed by atoms with E-state index in [1.54, 1.807) is 7.11 Å². The summed E-state index contributed by atoms with van der Waals surface area (Å²) in [4.78, 5) is 4.72. The van der Waals surface area contributed by atoms with Gasteiger partial charge in [0, 0.05) is 32.3 Å². The molecule has 0 bridgehead atoms. The van der Waals surface area contributed by atoms with Gasteiger partial charge in [0.25, 0.3) is 0 Å². The first-order valence-corrected chi connectivity index (χ1v) is 6.10. The van der Waals surface area contributed by atoms with Gasteiger partial charge in [-0.15, -0.1) is 0 Å². The standard InChI is InChI=1S/C12H29N3O/c1-7-15(11(2)8-14(4)5)9-12(13-3)10-16-6/h11-13H,7-10H2,1-6H3. The van der Waals surface area contributed by atoms with E-state index < -0.39 is 0 Å². The first-order valence-electron chi connectivity index (χ1n) is 6.10. The second-order valence-corrected chi connectivity index (χ2v) is 4.64. The molecule has 2 unspecified atom stereocenters. The Kier molecular flexibility index (Phi) is 8.84. The molecule has 0 aromatic rings. The van der Waals surface area contributed by atoms with Crippen LogP contribution in [0.4, 0.5) is 0 Å². The fourth-order valence-electron chi connectivity index (χ4n) is 1.98. The van der Waals surface area contributed by atoms with Crippen LogP contribution in [0.2, 0.25) is 0 Å². The topological polar surface area (TPSA) is 27.7 Å². The van der Waals surface area contributed by atoms with Gasteiger partial charge in [0.15, 0.2) is 0 Å². The van der Waals surface area contributed by atoms with Crippen LogP contribution >= 0.6 is 0 Å². The molecule has 4 heteroatoms. The summed E-state index contributed by atoms with van der Waals surface area (Å²) >= 11 is 0. The van der Waals surface area contributed by atoms with Gasteiger partial charge in [-0.1, -0.05) is 6.92 Å². The van der Waals surface area contributed by atoms with Crippen molar-refractivity contribution in [3.63, 3.8) is 0 Å². The summed E-state index contributed by atoms with van der Waals surface area (Å²) in [6, 6.07) is 0.988. The predicted octanol–water partition coefficient (Wildman–Crippen LogP) is 0.493. The molecular weight excluding hydrogens is 202 g/mol. The Balaban J connectivity index is 4.14. The Morgan fingerprint density at radius 1 is 1.25 bits per heavy atom. The summed E-state index contributed by atoms with van der Waals surface area (Å²) < 4.78 is 5.20. The van der Waals surface area contributed by atoms with Crippen molar-refractivity contribution in [3.8, 4) is 0 Å². The van der Waals surface area contributed by atoms with Gasteiger partial charge in [0.1, 0.15) is 0 Å². The summed E-state index contributed by atoms with van der Waals surface area (Å²) in [6.07, 6.45) is 0. The molecule has 0 saturated heterocycles. The Morgan fingerprint density at radius 2 is 1.88 bits per heavy atom. The van der Waals surface area contributed by atoms with Crippen LogP contribution in [0.25, 0.3) is 0 Å². The third kappa shape index (κ3) is 6.43. The van der Waals surface area contributed by atoms with Crippen molar-refractivity contribution in [1.82, 2.24) is 15.1 Å². The average Bonchev–Trinajstić information content (AvgIpc) is 2.22. The summed E-state index contributed by atoms with van der Waals surface area (Å²) in [5.74, 6) is 0. The zero-order valence-corrected chi connectivity index (χ0v) is 11.8. The highest BCUT2D eigenvalue weighted by atomic mass is 16.5. The van der Waals surface area contributed by atoms with Gasteiger partial charge in [-0.3, -0.25) is 4.90 Å². The average molecular weight is 231 g/mol. The molecule has 98 valence electrons. The molecule has 0 aromatic carbocycles. The molecule has 4 nitrogen and oxygen atoms in total. The summed E-state index contributed by atoms with van der Waals surface area (Å²) in [5, 5.41) is 3.30. The molecule has 0 spiro atoms. The van der Waals surface area contributed by atoms with Crippen LogP contribution in [0.1, 0.15) is 13.8 Å². The molecule has 1 N–H and O–H groups in total. The van der Waals surface area contributed by atoms with Crippen LogP contribution in [0.5, 0.6) is 0 Å². The van der Waals surface area contributed by atoms with Crippen molar-refractivity contribution >= 4 is 0 Å². The van der Waals surface area contributed by atoms with E-state index >= 15 is 0 Å². The van der Waals surface area contributed by atoms with Crippen molar-refractivity contribution in [3.05, 3.63) is 0 Å². The quantitative estimate of drug-likeness (QED) is 0.625. The maximum absolute atomic E-state index is 5.20. The smallest absolute Gasteiger partial charge is 0.0628 e. The zero-order valence-electron chi connectivity index (χ0n) is 11.8. The molecule has 2 atom stereocenters. The second-order valence-electron chi connectivity index (χ2n) is 4.64. The summed E-state index contributed by atoms with van der Waals surface area (Å²) in [5.41, 5.74) is 0. The molecule has 16 heavy (non-hydrogen) atoms. The van der Waals surface area contributed by atoms with E-state index in [0.717, 1.165) is 26.2 Å². The van der Waals surface area contributed by atoms with Gasteiger partial charge in [0.2, 0.25) is 0 Å². The fraction of sp³-hybridized carbons (Fsp3) is 1.00. The highest BCUT2D eigenvalue weighted by Gasteiger charge is 2.16. The minimum Gasteiger partial charge on any atom is -0.383 e. The molecule has 0 rings (SSSR count). The number of rotatable bonds is 9. The van der Waals surface area contributed by atoms with Crippen LogP contribution in [0, 0.1) is 0 Å². The molecule has 0 saturated carbocycles. The van der Waals surface area contributed by atoms with Crippen LogP contribution in [0.15, 0.2) is 0 Å². The third-order valence-corrected chi connectivity index (χ3v) is 2.89. The Bertz CT molecular complexity index is 164. The lowest BCUT2D eigenvalue weighted by Gasteiger charge is -2.32. The third-order valence-electron chi connectivity index (χ3n) is 2.89. The maximum Gasteiger partial charge on any atom is 0.0628 e. The Morgan fingerprint density at radius 3 is 2.25 bits per heavy atom. The van der Waals surface area contributed by atoms with E-state index in [4.69, 9.17) is 4.74 Å².